The number of nitrogens with zero attached hydrogens (tertiary/aromatic N) is 3. The van der Waals surface area contributed by atoms with E-state index in [-0.39, 0.29) is 12.1 Å². The van der Waals surface area contributed by atoms with Crippen LogP contribution >= 0.6 is 11.6 Å². The standard InChI is InChI=1S/C17H16ClN5O2/c1-2-12-7-15(23-17-20-9-13(25-17)8-14(19)24)22-16(21-12)10-4-3-5-11(18)6-10/h3-7,9H,2,8H2,1H3,(H2,19,24)(H,20,21,22,23). The fraction of sp³-hybridized carbons (Fsp3) is 0.176. The molecule has 3 rings (SSSR count). The van der Waals surface area contributed by atoms with Crippen LogP contribution in [0.25, 0.3) is 11.4 Å². The molecule has 2 heterocycles. The summed E-state index contributed by atoms with van der Waals surface area (Å²) in [5, 5.41) is 0.608. The van der Waals surface area contributed by atoms with Crippen molar-refractivity contribution in [2.24, 2.45) is 10.7 Å². The molecule has 0 atom stereocenters. The van der Waals surface area contributed by atoms with E-state index in [9.17, 15) is 4.79 Å². The predicted molar refractivity (Wildman–Crippen MR) is 93.0 cm³/mol. The Morgan fingerprint density at radius 1 is 1.36 bits per heavy atom. The molecule has 0 saturated carbocycles. The van der Waals surface area contributed by atoms with E-state index < -0.39 is 5.91 Å². The number of halogens is 1. The number of H-pyrrole nitrogens is 1. The first kappa shape index (κ1) is 16.9. The van der Waals surface area contributed by atoms with Gasteiger partial charge in [-0.25, -0.2) is 9.97 Å². The van der Waals surface area contributed by atoms with Crippen LogP contribution in [0, 0.1) is 0 Å². The zero-order chi connectivity index (χ0) is 17.8. The maximum atomic E-state index is 10.9. The van der Waals surface area contributed by atoms with Crippen LogP contribution in [-0.4, -0.2) is 20.9 Å². The Morgan fingerprint density at radius 3 is 2.92 bits per heavy atom. The monoisotopic (exact) mass is 357 g/mol. The maximum absolute atomic E-state index is 10.9. The number of hydrogen-bond acceptors (Lipinski definition) is 5. The van der Waals surface area contributed by atoms with Gasteiger partial charge in [0.25, 0.3) is 0 Å². The second kappa shape index (κ2) is 7.31. The fourth-order valence-electron chi connectivity index (χ4n) is 2.22. The molecule has 0 radical (unpaired) electrons. The summed E-state index contributed by atoms with van der Waals surface area (Å²) < 4.78 is 5.43. The number of carbonyl (C=O) groups excluding carboxylic acids is 1. The molecular formula is C17H16ClN5O2. The van der Waals surface area contributed by atoms with Crippen molar-refractivity contribution in [3.05, 3.63) is 58.7 Å². The first-order chi connectivity index (χ1) is 12.0. The Balaban J connectivity index is 2.01. The van der Waals surface area contributed by atoms with Crippen molar-refractivity contribution in [2.75, 3.05) is 0 Å². The van der Waals surface area contributed by atoms with Crippen LogP contribution < -0.4 is 11.4 Å². The zero-order valence-electron chi connectivity index (χ0n) is 13.5. The molecule has 0 saturated heterocycles. The van der Waals surface area contributed by atoms with Crippen molar-refractivity contribution in [3.63, 3.8) is 0 Å². The lowest BCUT2D eigenvalue weighted by Gasteiger charge is -2.04. The molecule has 128 valence electrons. The molecule has 8 heteroatoms. The number of aromatic nitrogens is 3. The first-order valence-corrected chi connectivity index (χ1v) is 8.05. The van der Waals surface area contributed by atoms with Crippen molar-refractivity contribution in [1.29, 1.82) is 0 Å². The minimum Gasteiger partial charge on any atom is -0.428 e. The van der Waals surface area contributed by atoms with E-state index in [4.69, 9.17) is 21.8 Å². The third-order valence-electron chi connectivity index (χ3n) is 3.36. The molecule has 25 heavy (non-hydrogen) atoms. The molecular weight excluding hydrogens is 342 g/mol. The molecule has 0 aliphatic heterocycles. The van der Waals surface area contributed by atoms with Crippen LogP contribution in [0.5, 0.6) is 0 Å². The molecule has 0 spiro atoms. The number of nitrogens with two attached hydrogens (primary N) is 1. The van der Waals surface area contributed by atoms with Crippen LogP contribution in [0.3, 0.4) is 0 Å². The third-order valence-corrected chi connectivity index (χ3v) is 3.59. The Labute approximate surface area is 148 Å². The summed E-state index contributed by atoms with van der Waals surface area (Å²) in [6, 6.07) is 9.08. The van der Waals surface area contributed by atoms with E-state index in [1.165, 1.54) is 0 Å². The number of amides is 1. The van der Waals surface area contributed by atoms with Gasteiger partial charge in [-0.15, -0.1) is 0 Å². The minimum absolute atomic E-state index is 0.00374. The number of nitrogens with one attached hydrogen (secondary N) is 1. The topological polar surface area (TPSA) is 110 Å². The molecule has 2 aromatic heterocycles. The number of rotatable bonds is 5. The van der Waals surface area contributed by atoms with Gasteiger partial charge < -0.3 is 15.1 Å². The van der Waals surface area contributed by atoms with Gasteiger partial charge in [0.1, 0.15) is 5.76 Å². The summed E-state index contributed by atoms with van der Waals surface area (Å²) in [5.74, 6) is 0.904. The van der Waals surface area contributed by atoms with Gasteiger partial charge >= 0.3 is 5.68 Å². The van der Waals surface area contributed by atoms with E-state index in [1.54, 1.807) is 24.4 Å². The van der Waals surface area contributed by atoms with Crippen molar-refractivity contribution in [2.45, 2.75) is 19.8 Å². The zero-order valence-corrected chi connectivity index (χ0v) is 14.2. The van der Waals surface area contributed by atoms with Gasteiger partial charge in [-0.3, -0.25) is 4.79 Å². The Hall–Kier alpha value is -2.93. The number of hydrogen-bond donors (Lipinski definition) is 2. The molecule has 0 fully saturated rings. The first-order valence-electron chi connectivity index (χ1n) is 7.68. The molecule has 1 amide bonds. The number of aryl methyl sites for hydroxylation is 1. The highest BCUT2D eigenvalue weighted by Crippen LogP contribution is 2.22. The van der Waals surface area contributed by atoms with Crippen LogP contribution in [0.2, 0.25) is 5.02 Å². The summed E-state index contributed by atoms with van der Waals surface area (Å²) in [6.07, 6.45) is 2.28. The molecule has 0 bridgehead atoms. The van der Waals surface area contributed by atoms with Crippen molar-refractivity contribution in [3.8, 4) is 11.4 Å². The second-order valence-electron chi connectivity index (χ2n) is 5.32. The van der Waals surface area contributed by atoms with Crippen LogP contribution in [0.1, 0.15) is 18.4 Å². The van der Waals surface area contributed by atoms with Crippen molar-refractivity contribution >= 4 is 23.3 Å². The van der Waals surface area contributed by atoms with Crippen molar-refractivity contribution < 1.29 is 9.21 Å². The number of aromatic amines is 1. The normalized spacial score (nSPS) is 11.7. The summed E-state index contributed by atoms with van der Waals surface area (Å²) in [7, 11) is 0. The molecule has 3 aromatic rings. The number of primary amides is 1. The van der Waals surface area contributed by atoms with Gasteiger partial charge in [-0.2, -0.15) is 4.99 Å². The average molecular weight is 358 g/mol. The quantitative estimate of drug-likeness (QED) is 0.730. The van der Waals surface area contributed by atoms with Gasteiger partial charge in [-0.05, 0) is 18.6 Å². The van der Waals surface area contributed by atoms with E-state index >= 15 is 0 Å². The fourth-order valence-corrected chi connectivity index (χ4v) is 2.41. The predicted octanol–water partition coefficient (Wildman–Crippen LogP) is 2.54. The van der Waals surface area contributed by atoms with E-state index in [0.717, 1.165) is 17.7 Å². The summed E-state index contributed by atoms with van der Waals surface area (Å²) >= 11 is 6.05. The highest BCUT2D eigenvalue weighted by molar-refractivity contribution is 6.30. The van der Waals surface area contributed by atoms with Crippen LogP contribution in [-0.2, 0) is 17.6 Å². The van der Waals surface area contributed by atoms with Crippen molar-refractivity contribution in [1.82, 2.24) is 15.0 Å². The van der Waals surface area contributed by atoms with E-state index in [2.05, 4.69) is 19.9 Å². The summed E-state index contributed by atoms with van der Waals surface area (Å²) in [4.78, 5) is 27.1. The maximum Gasteiger partial charge on any atom is 0.300 e. The summed E-state index contributed by atoms with van der Waals surface area (Å²) in [6.45, 7) is 2.00. The Morgan fingerprint density at radius 2 is 2.20 bits per heavy atom. The largest absolute Gasteiger partial charge is 0.428 e. The average Bonchev–Trinajstić information content (AvgIpc) is 3.00. The Bertz CT molecular complexity index is 977. The summed E-state index contributed by atoms with van der Waals surface area (Å²) in [5.41, 5.74) is 7.02. The van der Waals surface area contributed by atoms with Gasteiger partial charge in [0.15, 0.2) is 11.6 Å². The van der Waals surface area contributed by atoms with Crippen LogP contribution in [0.15, 0.2) is 45.9 Å². The third kappa shape index (κ3) is 4.33. The smallest absolute Gasteiger partial charge is 0.300 e. The molecule has 7 nitrogen and oxygen atoms in total. The lowest BCUT2D eigenvalue weighted by Crippen LogP contribution is -2.13. The van der Waals surface area contributed by atoms with E-state index in [1.807, 2.05) is 19.1 Å². The SMILES string of the molecule is CCc1cc(/N=c2\[nH]cc(CC(N)=O)o2)nc(-c2cccc(Cl)c2)n1. The van der Waals surface area contributed by atoms with Gasteiger partial charge in [0.05, 0.1) is 6.42 Å². The Kier molecular flexibility index (Phi) is 4.95. The molecule has 3 N–H and O–H groups in total. The number of benzene rings is 1. The second-order valence-corrected chi connectivity index (χ2v) is 5.76. The highest BCUT2D eigenvalue weighted by atomic mass is 35.5. The lowest BCUT2D eigenvalue weighted by atomic mass is 10.2. The highest BCUT2D eigenvalue weighted by Gasteiger charge is 2.08. The number of oxazole rings is 1. The molecule has 1 aromatic carbocycles. The molecule has 0 aliphatic rings. The van der Waals surface area contributed by atoms with Crippen LogP contribution in [0.4, 0.5) is 5.82 Å². The molecule has 0 aliphatic carbocycles. The minimum atomic E-state index is -0.479. The van der Waals surface area contributed by atoms with Gasteiger partial charge in [0.2, 0.25) is 5.91 Å². The van der Waals surface area contributed by atoms with Gasteiger partial charge in [0, 0.05) is 28.5 Å². The van der Waals surface area contributed by atoms with Gasteiger partial charge in [-0.1, -0.05) is 30.7 Å². The lowest BCUT2D eigenvalue weighted by molar-refractivity contribution is -0.117. The van der Waals surface area contributed by atoms with E-state index in [0.29, 0.717) is 22.4 Å². The molecule has 0 unspecified atom stereocenters. The number of carbonyl (C=O) groups is 1.